The SMILES string of the molecule is O=C1CCN(Cc2ccncc2)CCCC(C(=O)NCCCN2CCCc3ccccc32)CCN1. The molecule has 3 heterocycles. The standard InChI is InChI=1S/C28H39N5O2/c34-27-13-21-32(22-23-10-15-29-16-11-23)18-3-8-25(12-17-30-27)28(35)31-14-5-20-33-19-4-7-24-6-1-2-9-26(24)33/h1-2,6,9-11,15-16,25H,3-5,7-8,12-14,17-22H2,(H,30,34)(H,31,35). The first-order chi connectivity index (χ1) is 17.2. The zero-order valence-electron chi connectivity index (χ0n) is 20.8. The quantitative estimate of drug-likeness (QED) is 0.599. The van der Waals surface area contributed by atoms with E-state index in [-0.39, 0.29) is 17.7 Å². The predicted molar refractivity (Wildman–Crippen MR) is 139 cm³/mol. The van der Waals surface area contributed by atoms with Crippen molar-refractivity contribution in [1.82, 2.24) is 20.5 Å². The molecule has 1 aromatic heterocycles. The largest absolute Gasteiger partial charge is 0.371 e. The molecule has 1 atom stereocenters. The zero-order valence-corrected chi connectivity index (χ0v) is 20.8. The number of hydrogen-bond acceptors (Lipinski definition) is 5. The molecule has 4 rings (SSSR count). The summed E-state index contributed by atoms with van der Waals surface area (Å²) < 4.78 is 0. The maximum absolute atomic E-state index is 13.0. The summed E-state index contributed by atoms with van der Waals surface area (Å²) in [5, 5.41) is 6.19. The van der Waals surface area contributed by atoms with Crippen LogP contribution in [0.25, 0.3) is 0 Å². The molecule has 0 radical (unpaired) electrons. The first-order valence-corrected chi connectivity index (χ1v) is 13.2. The normalized spacial score (nSPS) is 19.8. The van der Waals surface area contributed by atoms with Crippen molar-refractivity contribution in [2.45, 2.75) is 51.5 Å². The van der Waals surface area contributed by atoms with Crippen molar-refractivity contribution in [1.29, 1.82) is 0 Å². The van der Waals surface area contributed by atoms with E-state index < -0.39 is 0 Å². The number of pyridine rings is 1. The third-order valence-electron chi connectivity index (χ3n) is 7.13. The van der Waals surface area contributed by atoms with Gasteiger partial charge < -0.3 is 15.5 Å². The summed E-state index contributed by atoms with van der Waals surface area (Å²) >= 11 is 0. The highest BCUT2D eigenvalue weighted by Gasteiger charge is 2.21. The van der Waals surface area contributed by atoms with Crippen LogP contribution in [0.3, 0.4) is 0 Å². The van der Waals surface area contributed by atoms with Crippen molar-refractivity contribution < 1.29 is 9.59 Å². The lowest BCUT2D eigenvalue weighted by atomic mass is 9.98. The van der Waals surface area contributed by atoms with Gasteiger partial charge in [0, 0.05) is 69.7 Å². The van der Waals surface area contributed by atoms with Crippen LogP contribution in [-0.2, 0) is 22.6 Å². The number of fused-ring (bicyclic) bond motifs is 1. The van der Waals surface area contributed by atoms with Crippen LogP contribution in [0.1, 0.15) is 49.7 Å². The maximum Gasteiger partial charge on any atom is 0.223 e. The molecule has 35 heavy (non-hydrogen) atoms. The molecule has 2 aliphatic heterocycles. The number of nitrogens with zero attached hydrogens (tertiary/aromatic N) is 3. The minimum Gasteiger partial charge on any atom is -0.371 e. The van der Waals surface area contributed by atoms with Crippen LogP contribution in [0.5, 0.6) is 0 Å². The van der Waals surface area contributed by atoms with Gasteiger partial charge in [-0.1, -0.05) is 18.2 Å². The number of hydrogen-bond donors (Lipinski definition) is 2. The van der Waals surface area contributed by atoms with Crippen molar-refractivity contribution in [2.75, 3.05) is 44.2 Å². The molecule has 0 aliphatic carbocycles. The molecule has 0 bridgehead atoms. The lowest BCUT2D eigenvalue weighted by Crippen LogP contribution is -2.36. The molecule has 2 N–H and O–H groups in total. The average molecular weight is 478 g/mol. The molecular formula is C28H39N5O2. The number of para-hydroxylation sites is 1. The van der Waals surface area contributed by atoms with Gasteiger partial charge in [-0.05, 0) is 74.4 Å². The van der Waals surface area contributed by atoms with Gasteiger partial charge in [0.25, 0.3) is 0 Å². The van der Waals surface area contributed by atoms with E-state index in [1.807, 2.05) is 12.1 Å². The highest BCUT2D eigenvalue weighted by molar-refractivity contribution is 5.79. The predicted octanol–water partition coefficient (Wildman–Crippen LogP) is 3.15. The van der Waals surface area contributed by atoms with Crippen molar-refractivity contribution in [3.05, 3.63) is 59.9 Å². The lowest BCUT2D eigenvalue weighted by Gasteiger charge is -2.31. The van der Waals surface area contributed by atoms with Gasteiger partial charge in [0.2, 0.25) is 11.8 Å². The number of amides is 2. The van der Waals surface area contributed by atoms with Gasteiger partial charge in [0.05, 0.1) is 0 Å². The van der Waals surface area contributed by atoms with Crippen LogP contribution in [0.4, 0.5) is 5.69 Å². The van der Waals surface area contributed by atoms with E-state index in [1.54, 1.807) is 12.4 Å². The second kappa shape index (κ2) is 13.2. The fourth-order valence-electron chi connectivity index (χ4n) is 5.19. The van der Waals surface area contributed by atoms with Gasteiger partial charge in [-0.15, -0.1) is 0 Å². The van der Waals surface area contributed by atoms with E-state index in [0.717, 1.165) is 58.4 Å². The summed E-state index contributed by atoms with van der Waals surface area (Å²) in [6.07, 6.45) is 9.86. The second-order valence-electron chi connectivity index (χ2n) is 9.72. The smallest absolute Gasteiger partial charge is 0.223 e. The third-order valence-corrected chi connectivity index (χ3v) is 7.13. The molecule has 0 spiro atoms. The maximum atomic E-state index is 13.0. The van der Waals surface area contributed by atoms with E-state index in [2.05, 4.69) is 49.7 Å². The van der Waals surface area contributed by atoms with E-state index in [1.165, 1.54) is 23.2 Å². The number of nitrogens with one attached hydrogen (secondary N) is 2. The number of carbonyl (C=O) groups excluding carboxylic acids is 2. The highest BCUT2D eigenvalue weighted by atomic mass is 16.2. The highest BCUT2D eigenvalue weighted by Crippen LogP contribution is 2.26. The molecule has 1 aromatic carbocycles. The average Bonchev–Trinajstić information content (AvgIpc) is 2.92. The van der Waals surface area contributed by atoms with Crippen LogP contribution in [-0.4, -0.2) is 61.0 Å². The number of anilines is 1. The van der Waals surface area contributed by atoms with E-state index in [9.17, 15) is 9.59 Å². The summed E-state index contributed by atoms with van der Waals surface area (Å²) in [7, 11) is 0. The summed E-state index contributed by atoms with van der Waals surface area (Å²) in [6, 6.07) is 12.7. The molecule has 7 heteroatoms. The Morgan fingerprint density at radius 3 is 2.77 bits per heavy atom. The van der Waals surface area contributed by atoms with Crippen LogP contribution in [0.2, 0.25) is 0 Å². The number of aromatic nitrogens is 1. The van der Waals surface area contributed by atoms with Crippen molar-refractivity contribution in [3.63, 3.8) is 0 Å². The Bertz CT molecular complexity index is 951. The van der Waals surface area contributed by atoms with Gasteiger partial charge in [-0.3, -0.25) is 19.5 Å². The summed E-state index contributed by atoms with van der Waals surface area (Å²) in [5.74, 6) is 0.123. The molecule has 0 saturated carbocycles. The first kappa shape index (κ1) is 25.2. The molecule has 1 fully saturated rings. The Morgan fingerprint density at radius 1 is 1.03 bits per heavy atom. The molecular weight excluding hydrogens is 438 g/mol. The molecule has 2 amide bonds. The molecule has 1 unspecified atom stereocenters. The minimum atomic E-state index is -0.0631. The number of rotatable bonds is 7. The van der Waals surface area contributed by atoms with Crippen LogP contribution in [0.15, 0.2) is 48.8 Å². The van der Waals surface area contributed by atoms with Crippen molar-refractivity contribution >= 4 is 17.5 Å². The second-order valence-corrected chi connectivity index (χ2v) is 9.72. The molecule has 7 nitrogen and oxygen atoms in total. The fourth-order valence-corrected chi connectivity index (χ4v) is 5.19. The topological polar surface area (TPSA) is 77.6 Å². The van der Waals surface area contributed by atoms with Crippen LogP contribution < -0.4 is 15.5 Å². The monoisotopic (exact) mass is 477 g/mol. The Labute approximate surface area is 209 Å². The van der Waals surface area contributed by atoms with Crippen molar-refractivity contribution in [3.8, 4) is 0 Å². The third kappa shape index (κ3) is 7.79. The van der Waals surface area contributed by atoms with Gasteiger partial charge in [0.1, 0.15) is 0 Å². The Balaban J connectivity index is 1.24. The van der Waals surface area contributed by atoms with Crippen LogP contribution in [0, 0.1) is 5.92 Å². The Hall–Kier alpha value is -2.93. The molecule has 1 saturated heterocycles. The number of benzene rings is 1. The fraction of sp³-hybridized carbons (Fsp3) is 0.536. The van der Waals surface area contributed by atoms with Gasteiger partial charge in [-0.2, -0.15) is 0 Å². The zero-order chi connectivity index (χ0) is 24.3. The van der Waals surface area contributed by atoms with E-state index in [4.69, 9.17) is 0 Å². The molecule has 2 aromatic rings. The van der Waals surface area contributed by atoms with Gasteiger partial charge in [0.15, 0.2) is 0 Å². The van der Waals surface area contributed by atoms with Gasteiger partial charge >= 0.3 is 0 Å². The minimum absolute atomic E-state index is 0.0626. The van der Waals surface area contributed by atoms with E-state index in [0.29, 0.717) is 25.9 Å². The number of carbonyl (C=O) groups is 2. The summed E-state index contributed by atoms with van der Waals surface area (Å²) in [5.41, 5.74) is 3.97. The lowest BCUT2D eigenvalue weighted by molar-refractivity contribution is -0.126. The first-order valence-electron chi connectivity index (χ1n) is 13.2. The number of aryl methyl sites for hydroxylation is 1. The van der Waals surface area contributed by atoms with E-state index >= 15 is 0 Å². The molecule has 2 aliphatic rings. The Morgan fingerprint density at radius 2 is 1.89 bits per heavy atom. The summed E-state index contributed by atoms with van der Waals surface area (Å²) in [6.45, 7) is 5.70. The summed E-state index contributed by atoms with van der Waals surface area (Å²) in [4.78, 5) is 34.1. The molecule has 188 valence electrons. The van der Waals surface area contributed by atoms with Crippen LogP contribution >= 0.6 is 0 Å². The van der Waals surface area contributed by atoms with Gasteiger partial charge in [-0.25, -0.2) is 0 Å². The Kier molecular flexibility index (Phi) is 9.52. The van der Waals surface area contributed by atoms with Crippen molar-refractivity contribution in [2.24, 2.45) is 5.92 Å².